The highest BCUT2D eigenvalue weighted by Crippen LogP contribution is 2.23. The van der Waals surface area contributed by atoms with E-state index < -0.39 is 60.4 Å². The quantitative estimate of drug-likeness (QED) is 0.244. The number of hydrogen-bond donors (Lipinski definition) is 4. The molecule has 0 aromatic heterocycles. The molecule has 0 spiro atoms. The van der Waals surface area contributed by atoms with Gasteiger partial charge < -0.3 is 26.0 Å². The van der Waals surface area contributed by atoms with Gasteiger partial charge in [0.2, 0.25) is 23.6 Å². The standard InChI is InChI=1S/C26H34N4O6S2/c1-16(2)23-26(35)27-14-22(32)36-18-10-6-7-11-37-38-15-20(25(34)30-23)29-24(33)19(28-21(31)13-18)12-17-8-4-3-5-9-17/h3-6,8-10,16,18-20,23H,7,11-15H2,1-2H3,(H,27,35)(H,28,31)(H,29,33)(H,30,34)/b10-6+/t18-,19-,20+,23-/m1/s1. The fourth-order valence-corrected chi connectivity index (χ4v) is 6.06. The number of amides is 4. The van der Waals surface area contributed by atoms with Crippen LogP contribution >= 0.6 is 21.6 Å². The van der Waals surface area contributed by atoms with Crippen molar-refractivity contribution >= 4 is 51.2 Å². The molecule has 4 atom stereocenters. The van der Waals surface area contributed by atoms with Crippen LogP contribution in [0.1, 0.15) is 32.3 Å². The molecule has 10 nitrogen and oxygen atoms in total. The van der Waals surface area contributed by atoms with Crippen LogP contribution in [-0.4, -0.2) is 71.9 Å². The zero-order valence-electron chi connectivity index (χ0n) is 21.4. The zero-order valence-corrected chi connectivity index (χ0v) is 23.1. The summed E-state index contributed by atoms with van der Waals surface area (Å²) in [5.74, 6) is -2.10. The molecular formula is C26H34N4O6S2. The zero-order chi connectivity index (χ0) is 27.5. The van der Waals surface area contributed by atoms with Crippen molar-refractivity contribution in [1.82, 2.24) is 21.3 Å². The van der Waals surface area contributed by atoms with Crippen molar-refractivity contribution in [3.63, 3.8) is 0 Å². The molecule has 1 fully saturated rings. The molecule has 4 amide bonds. The summed E-state index contributed by atoms with van der Waals surface area (Å²) in [5, 5.41) is 10.8. The number of hydrogen-bond acceptors (Lipinski definition) is 8. The highest BCUT2D eigenvalue weighted by atomic mass is 33.1. The summed E-state index contributed by atoms with van der Waals surface area (Å²) >= 11 is 0. The van der Waals surface area contributed by atoms with Crippen molar-refractivity contribution in [2.45, 2.75) is 57.3 Å². The van der Waals surface area contributed by atoms with E-state index in [2.05, 4.69) is 21.3 Å². The van der Waals surface area contributed by atoms with E-state index in [1.807, 2.05) is 36.4 Å². The molecule has 2 aliphatic rings. The van der Waals surface area contributed by atoms with Crippen LogP contribution in [0.4, 0.5) is 0 Å². The first kappa shape index (κ1) is 29.6. The molecule has 0 saturated carbocycles. The van der Waals surface area contributed by atoms with Crippen LogP contribution in [0.25, 0.3) is 0 Å². The van der Waals surface area contributed by atoms with Gasteiger partial charge in [0.1, 0.15) is 30.8 Å². The Morgan fingerprint density at radius 1 is 0.947 bits per heavy atom. The van der Waals surface area contributed by atoms with Crippen molar-refractivity contribution < 1.29 is 28.7 Å². The van der Waals surface area contributed by atoms with Crippen LogP contribution in [0.5, 0.6) is 0 Å². The molecule has 1 aromatic rings. The van der Waals surface area contributed by atoms with Gasteiger partial charge >= 0.3 is 5.97 Å². The molecule has 0 aliphatic carbocycles. The Morgan fingerprint density at radius 3 is 2.45 bits per heavy atom. The summed E-state index contributed by atoms with van der Waals surface area (Å²) in [6, 6.07) is 6.36. The second kappa shape index (κ2) is 14.8. The fraction of sp³-hybridized carbons (Fsp3) is 0.500. The van der Waals surface area contributed by atoms with Crippen LogP contribution in [0.2, 0.25) is 0 Å². The lowest BCUT2D eigenvalue weighted by Crippen LogP contribution is -2.59. The van der Waals surface area contributed by atoms with Crippen molar-refractivity contribution in [3.05, 3.63) is 48.0 Å². The van der Waals surface area contributed by atoms with E-state index >= 15 is 0 Å². The average molecular weight is 563 g/mol. The van der Waals surface area contributed by atoms with Gasteiger partial charge in [-0.2, -0.15) is 0 Å². The van der Waals surface area contributed by atoms with E-state index in [0.717, 1.165) is 5.56 Å². The number of ether oxygens (including phenoxy) is 1. The topological polar surface area (TPSA) is 143 Å². The highest BCUT2D eigenvalue weighted by Gasteiger charge is 2.32. The Balaban J connectivity index is 1.98. The summed E-state index contributed by atoms with van der Waals surface area (Å²) in [5.41, 5.74) is 0.825. The molecule has 2 bridgehead atoms. The maximum Gasteiger partial charge on any atom is 0.326 e. The Kier molecular flexibility index (Phi) is 11.5. The van der Waals surface area contributed by atoms with Crippen LogP contribution < -0.4 is 21.3 Å². The predicted molar refractivity (Wildman–Crippen MR) is 147 cm³/mol. The SMILES string of the molecule is CC(C)[C@H]1NC(=O)[C@@H]2CSSCC/C=C/[C@H](CC(=O)N[C@H](Cc3ccccc3)C(=O)N2)OC(=O)CNC1=O. The number of fused-ring (bicyclic) bond motifs is 7. The van der Waals surface area contributed by atoms with Crippen LogP contribution in [0.3, 0.4) is 0 Å². The third-order valence-corrected chi connectivity index (χ3v) is 8.37. The molecule has 2 aliphatic heterocycles. The minimum Gasteiger partial charge on any atom is -0.456 e. The molecule has 0 unspecified atom stereocenters. The number of benzene rings is 1. The van der Waals surface area contributed by atoms with Gasteiger partial charge in [0.05, 0.1) is 6.42 Å². The second-order valence-electron chi connectivity index (χ2n) is 9.37. The molecule has 0 radical (unpaired) electrons. The average Bonchev–Trinajstić information content (AvgIpc) is 2.88. The van der Waals surface area contributed by atoms with Crippen molar-refractivity contribution in [3.8, 4) is 0 Å². The molecule has 1 saturated heterocycles. The first-order chi connectivity index (χ1) is 18.2. The first-order valence-corrected chi connectivity index (χ1v) is 15.0. The minimum atomic E-state index is -0.972. The monoisotopic (exact) mass is 562 g/mol. The highest BCUT2D eigenvalue weighted by molar-refractivity contribution is 8.76. The van der Waals surface area contributed by atoms with E-state index in [9.17, 15) is 24.0 Å². The van der Waals surface area contributed by atoms with E-state index in [4.69, 9.17) is 4.74 Å². The summed E-state index contributed by atoms with van der Waals surface area (Å²) in [6.45, 7) is 3.13. The third-order valence-electron chi connectivity index (χ3n) is 5.93. The van der Waals surface area contributed by atoms with Gasteiger partial charge in [-0.3, -0.25) is 24.0 Å². The number of rotatable bonds is 3. The number of esters is 1. The van der Waals surface area contributed by atoms with E-state index in [0.29, 0.717) is 12.2 Å². The van der Waals surface area contributed by atoms with Gasteiger partial charge in [-0.05, 0) is 24.0 Å². The fourth-order valence-electron chi connectivity index (χ4n) is 3.91. The van der Waals surface area contributed by atoms with E-state index in [-0.39, 0.29) is 24.5 Å². The third kappa shape index (κ3) is 9.39. The molecule has 4 N–H and O–H groups in total. The summed E-state index contributed by atoms with van der Waals surface area (Å²) in [6.07, 6.45) is 3.27. The molecule has 38 heavy (non-hydrogen) atoms. The second-order valence-corrected chi connectivity index (χ2v) is 12.0. The van der Waals surface area contributed by atoms with Crippen LogP contribution in [-0.2, 0) is 35.1 Å². The van der Waals surface area contributed by atoms with Crippen LogP contribution in [0, 0.1) is 5.92 Å². The first-order valence-electron chi connectivity index (χ1n) is 12.5. The van der Waals surface area contributed by atoms with Crippen molar-refractivity contribution in [2.24, 2.45) is 5.92 Å². The van der Waals surface area contributed by atoms with Gasteiger partial charge in [-0.1, -0.05) is 71.8 Å². The maximum atomic E-state index is 13.4. The smallest absolute Gasteiger partial charge is 0.326 e. The lowest BCUT2D eigenvalue weighted by Gasteiger charge is -2.27. The van der Waals surface area contributed by atoms with Crippen LogP contribution in [0.15, 0.2) is 42.5 Å². The molecule has 2 heterocycles. The molecule has 206 valence electrons. The van der Waals surface area contributed by atoms with Crippen molar-refractivity contribution in [1.29, 1.82) is 0 Å². The van der Waals surface area contributed by atoms with Gasteiger partial charge in [-0.25, -0.2) is 0 Å². The molecule has 3 rings (SSSR count). The lowest BCUT2D eigenvalue weighted by atomic mass is 10.0. The number of carbonyl (C=O) groups excluding carboxylic acids is 5. The number of carbonyl (C=O) groups is 5. The Hall–Kier alpha value is -2.99. The summed E-state index contributed by atoms with van der Waals surface area (Å²) in [4.78, 5) is 65.1. The molecule has 1 aromatic carbocycles. The Bertz CT molecular complexity index is 1040. The summed E-state index contributed by atoms with van der Waals surface area (Å²) < 4.78 is 5.48. The predicted octanol–water partition coefficient (Wildman–Crippen LogP) is 1.11. The molecular weight excluding hydrogens is 528 g/mol. The van der Waals surface area contributed by atoms with Gasteiger partial charge in [0.25, 0.3) is 0 Å². The van der Waals surface area contributed by atoms with Crippen molar-refractivity contribution in [2.75, 3.05) is 18.1 Å². The maximum absolute atomic E-state index is 13.4. The minimum absolute atomic E-state index is 0.199. The lowest BCUT2D eigenvalue weighted by molar-refractivity contribution is -0.148. The normalized spacial score (nSPS) is 27.3. The summed E-state index contributed by atoms with van der Waals surface area (Å²) in [7, 11) is 2.97. The van der Waals surface area contributed by atoms with E-state index in [1.54, 1.807) is 19.9 Å². The number of allylic oxidation sites excluding steroid dienone is 1. The van der Waals surface area contributed by atoms with Gasteiger partial charge in [0.15, 0.2) is 0 Å². The number of nitrogens with one attached hydrogen (secondary N) is 4. The van der Waals surface area contributed by atoms with Gasteiger partial charge in [0, 0.05) is 17.9 Å². The Labute approximate surface area is 230 Å². The largest absolute Gasteiger partial charge is 0.456 e. The Morgan fingerprint density at radius 2 is 1.71 bits per heavy atom. The van der Waals surface area contributed by atoms with E-state index in [1.165, 1.54) is 21.6 Å². The molecule has 12 heteroatoms. The van der Waals surface area contributed by atoms with Gasteiger partial charge in [-0.15, -0.1) is 0 Å².